The van der Waals surface area contributed by atoms with Crippen molar-refractivity contribution in [3.63, 3.8) is 0 Å². The summed E-state index contributed by atoms with van der Waals surface area (Å²) in [7, 11) is 0. The molecule has 1 fully saturated rings. The zero-order valence-corrected chi connectivity index (χ0v) is 13.3. The standard InChI is InChI=1S/C15H18FN3O2S/c1-3-17-13(20)9-12-14(21)19(4-2)15(22-12)18-11-8-6-5-7-10(11)16/h5-8,12H,3-4,9H2,1-2H3,(H,17,20). The summed E-state index contributed by atoms with van der Waals surface area (Å²) in [5, 5.41) is 2.61. The maximum absolute atomic E-state index is 13.7. The second kappa shape index (κ2) is 7.40. The molecule has 1 N–H and O–H groups in total. The van der Waals surface area contributed by atoms with E-state index in [4.69, 9.17) is 0 Å². The largest absolute Gasteiger partial charge is 0.356 e. The fraction of sp³-hybridized carbons (Fsp3) is 0.400. The van der Waals surface area contributed by atoms with Gasteiger partial charge in [-0.1, -0.05) is 23.9 Å². The SMILES string of the molecule is CCNC(=O)CC1SC(=Nc2ccccc2F)N(CC)C1=O. The van der Waals surface area contributed by atoms with Crippen LogP contribution in [-0.4, -0.2) is 40.2 Å². The maximum atomic E-state index is 13.7. The van der Waals surface area contributed by atoms with E-state index in [1.165, 1.54) is 22.7 Å². The lowest BCUT2D eigenvalue weighted by molar-refractivity contribution is -0.129. The van der Waals surface area contributed by atoms with Crippen LogP contribution in [-0.2, 0) is 9.59 Å². The van der Waals surface area contributed by atoms with E-state index in [2.05, 4.69) is 10.3 Å². The molecule has 1 atom stereocenters. The zero-order valence-electron chi connectivity index (χ0n) is 12.5. The van der Waals surface area contributed by atoms with Crippen molar-refractivity contribution in [2.75, 3.05) is 13.1 Å². The Morgan fingerprint density at radius 3 is 2.77 bits per heavy atom. The van der Waals surface area contributed by atoms with Gasteiger partial charge in [0.2, 0.25) is 11.8 Å². The van der Waals surface area contributed by atoms with Crippen molar-refractivity contribution in [1.29, 1.82) is 0 Å². The third-order valence-electron chi connectivity index (χ3n) is 3.15. The molecule has 0 saturated carbocycles. The van der Waals surface area contributed by atoms with E-state index in [9.17, 15) is 14.0 Å². The first kappa shape index (κ1) is 16.5. The summed E-state index contributed by atoms with van der Waals surface area (Å²) in [5.41, 5.74) is 0.190. The predicted octanol–water partition coefficient (Wildman–Crippen LogP) is 2.30. The van der Waals surface area contributed by atoms with Crippen LogP contribution >= 0.6 is 11.8 Å². The molecule has 22 heavy (non-hydrogen) atoms. The molecular weight excluding hydrogens is 305 g/mol. The molecule has 1 aromatic rings. The van der Waals surface area contributed by atoms with Crippen LogP contribution in [0.1, 0.15) is 20.3 Å². The molecule has 1 heterocycles. The highest BCUT2D eigenvalue weighted by Crippen LogP contribution is 2.31. The number of hydrogen-bond donors (Lipinski definition) is 1. The monoisotopic (exact) mass is 323 g/mol. The summed E-state index contributed by atoms with van der Waals surface area (Å²) in [5.74, 6) is -0.767. The maximum Gasteiger partial charge on any atom is 0.242 e. The molecule has 0 radical (unpaired) electrons. The second-order valence-corrected chi connectivity index (χ2v) is 5.86. The van der Waals surface area contributed by atoms with Crippen molar-refractivity contribution in [2.24, 2.45) is 4.99 Å². The molecule has 0 aliphatic carbocycles. The Bertz CT molecular complexity index is 606. The molecule has 7 heteroatoms. The first-order valence-corrected chi connectivity index (χ1v) is 8.02. The number of para-hydroxylation sites is 1. The number of hydrogen-bond acceptors (Lipinski definition) is 4. The normalized spacial score (nSPS) is 19.8. The van der Waals surface area contributed by atoms with E-state index in [1.807, 2.05) is 13.8 Å². The van der Waals surface area contributed by atoms with E-state index in [0.717, 1.165) is 0 Å². The zero-order chi connectivity index (χ0) is 16.1. The third-order valence-corrected chi connectivity index (χ3v) is 4.32. The quantitative estimate of drug-likeness (QED) is 0.904. The molecule has 1 aliphatic heterocycles. The summed E-state index contributed by atoms with van der Waals surface area (Å²) in [6, 6.07) is 6.15. The van der Waals surface area contributed by atoms with Crippen LogP contribution in [0.3, 0.4) is 0 Å². The minimum absolute atomic E-state index is 0.101. The smallest absolute Gasteiger partial charge is 0.242 e. The Labute approximate surface area is 133 Å². The average Bonchev–Trinajstić information content (AvgIpc) is 2.77. The van der Waals surface area contributed by atoms with Gasteiger partial charge >= 0.3 is 0 Å². The van der Waals surface area contributed by atoms with Crippen LogP contribution < -0.4 is 5.32 Å². The van der Waals surface area contributed by atoms with Gasteiger partial charge in [0, 0.05) is 19.5 Å². The van der Waals surface area contributed by atoms with Gasteiger partial charge in [0.25, 0.3) is 0 Å². The molecule has 0 bridgehead atoms. The van der Waals surface area contributed by atoms with Crippen molar-refractivity contribution in [1.82, 2.24) is 10.2 Å². The summed E-state index contributed by atoms with van der Waals surface area (Å²) in [6.45, 7) is 4.61. The second-order valence-electron chi connectivity index (χ2n) is 4.69. The van der Waals surface area contributed by atoms with Crippen molar-refractivity contribution in [3.8, 4) is 0 Å². The first-order valence-electron chi connectivity index (χ1n) is 7.14. The Kier molecular flexibility index (Phi) is 5.54. The summed E-state index contributed by atoms with van der Waals surface area (Å²) < 4.78 is 13.7. The predicted molar refractivity (Wildman–Crippen MR) is 85.6 cm³/mol. The van der Waals surface area contributed by atoms with E-state index in [1.54, 1.807) is 18.2 Å². The lowest BCUT2D eigenvalue weighted by Gasteiger charge is -2.13. The average molecular weight is 323 g/mol. The Balaban J connectivity index is 2.20. The van der Waals surface area contributed by atoms with Crippen molar-refractivity contribution in [3.05, 3.63) is 30.1 Å². The molecule has 0 spiro atoms. The van der Waals surface area contributed by atoms with Crippen LogP contribution in [0.15, 0.2) is 29.3 Å². The molecule has 1 unspecified atom stereocenters. The Hall–Kier alpha value is -1.89. The van der Waals surface area contributed by atoms with Gasteiger partial charge in [0.05, 0.1) is 0 Å². The molecule has 118 valence electrons. The molecule has 1 saturated heterocycles. The first-order chi connectivity index (χ1) is 10.6. The van der Waals surface area contributed by atoms with E-state index in [0.29, 0.717) is 18.3 Å². The van der Waals surface area contributed by atoms with Crippen LogP contribution in [0.2, 0.25) is 0 Å². The van der Waals surface area contributed by atoms with Gasteiger partial charge in [-0.05, 0) is 26.0 Å². The van der Waals surface area contributed by atoms with Crippen molar-refractivity contribution >= 4 is 34.4 Å². The number of carbonyl (C=O) groups is 2. The highest BCUT2D eigenvalue weighted by atomic mass is 32.2. The Morgan fingerprint density at radius 2 is 2.14 bits per heavy atom. The van der Waals surface area contributed by atoms with Gasteiger partial charge < -0.3 is 5.32 Å². The van der Waals surface area contributed by atoms with Gasteiger partial charge in [-0.25, -0.2) is 9.38 Å². The number of amidine groups is 1. The van der Waals surface area contributed by atoms with Gasteiger partial charge in [-0.15, -0.1) is 0 Å². The highest BCUT2D eigenvalue weighted by molar-refractivity contribution is 8.15. The minimum atomic E-state index is -0.503. The summed E-state index contributed by atoms with van der Waals surface area (Å²) in [6.07, 6.45) is 0.101. The van der Waals surface area contributed by atoms with E-state index >= 15 is 0 Å². The number of rotatable bonds is 5. The molecule has 2 rings (SSSR count). The molecule has 1 aliphatic rings. The van der Waals surface area contributed by atoms with E-state index in [-0.39, 0.29) is 23.9 Å². The lowest BCUT2D eigenvalue weighted by Crippen LogP contribution is -2.34. The number of carbonyl (C=O) groups excluding carboxylic acids is 2. The van der Waals surface area contributed by atoms with Crippen LogP contribution in [0, 0.1) is 5.82 Å². The van der Waals surface area contributed by atoms with Crippen LogP contribution in [0.5, 0.6) is 0 Å². The minimum Gasteiger partial charge on any atom is -0.356 e. The van der Waals surface area contributed by atoms with Gasteiger partial charge in [0.1, 0.15) is 16.8 Å². The number of nitrogens with zero attached hydrogens (tertiary/aromatic N) is 2. The van der Waals surface area contributed by atoms with Gasteiger partial charge in [-0.3, -0.25) is 14.5 Å². The summed E-state index contributed by atoms with van der Waals surface area (Å²) >= 11 is 1.21. The molecule has 5 nitrogen and oxygen atoms in total. The fourth-order valence-electron chi connectivity index (χ4n) is 2.10. The van der Waals surface area contributed by atoms with Gasteiger partial charge in [-0.2, -0.15) is 0 Å². The lowest BCUT2D eigenvalue weighted by atomic mass is 10.2. The number of halogens is 1. The van der Waals surface area contributed by atoms with Crippen LogP contribution in [0.25, 0.3) is 0 Å². The summed E-state index contributed by atoms with van der Waals surface area (Å²) in [4.78, 5) is 29.7. The van der Waals surface area contributed by atoms with Crippen molar-refractivity contribution in [2.45, 2.75) is 25.5 Å². The number of amides is 2. The number of aliphatic imine (C=N–C) groups is 1. The Morgan fingerprint density at radius 1 is 1.41 bits per heavy atom. The van der Waals surface area contributed by atoms with Crippen molar-refractivity contribution < 1.29 is 14.0 Å². The molecule has 1 aromatic carbocycles. The molecular formula is C15H18FN3O2S. The highest BCUT2D eigenvalue weighted by Gasteiger charge is 2.38. The molecule has 0 aromatic heterocycles. The topological polar surface area (TPSA) is 61.8 Å². The van der Waals surface area contributed by atoms with Crippen LogP contribution in [0.4, 0.5) is 10.1 Å². The number of benzene rings is 1. The number of nitrogens with one attached hydrogen (secondary N) is 1. The third kappa shape index (κ3) is 3.65. The van der Waals surface area contributed by atoms with E-state index < -0.39 is 11.1 Å². The number of thioether (sulfide) groups is 1. The van der Waals surface area contributed by atoms with Gasteiger partial charge in [0.15, 0.2) is 5.17 Å². The molecule has 2 amide bonds. The fourth-order valence-corrected chi connectivity index (χ4v) is 3.31.